The first-order chi connectivity index (χ1) is 15.2. The van der Waals surface area contributed by atoms with Gasteiger partial charge in [0.25, 0.3) is 10.0 Å². The number of aryl methyl sites for hydroxylation is 2. The summed E-state index contributed by atoms with van der Waals surface area (Å²) in [5, 5.41) is 0. The molecule has 3 aromatic carbocycles. The lowest BCUT2D eigenvalue weighted by Crippen LogP contribution is -2.41. The normalized spacial score (nSPS) is 11.1. The van der Waals surface area contributed by atoms with Crippen molar-refractivity contribution in [1.29, 1.82) is 0 Å². The molecule has 0 aromatic heterocycles. The Morgan fingerprint density at radius 3 is 2.25 bits per heavy atom. The van der Waals surface area contributed by atoms with Gasteiger partial charge in [0.1, 0.15) is 12.3 Å². The van der Waals surface area contributed by atoms with E-state index in [2.05, 4.69) is 0 Å². The zero-order valence-electron chi connectivity index (χ0n) is 18.8. The number of methoxy groups -OCH3 is 1. The number of likely N-dealkylation sites (N-methyl/N-ethyl adjacent to an activating group) is 1. The zero-order valence-corrected chi connectivity index (χ0v) is 19.6. The first-order valence-electron chi connectivity index (χ1n) is 10.2. The number of carbonyl (C=O) groups is 1. The fourth-order valence-corrected chi connectivity index (χ4v) is 5.03. The molecule has 0 fully saturated rings. The average Bonchev–Trinajstić information content (AvgIpc) is 2.78. The van der Waals surface area contributed by atoms with E-state index in [0.717, 1.165) is 16.7 Å². The maximum absolute atomic E-state index is 13.5. The molecule has 6 nitrogen and oxygen atoms in total. The standard InChI is InChI=1S/C25H28N2O4S/c1-19-14-15-23(20(2)16-19)27(32(29,30)22-11-6-5-7-12-22)18-25(28)26(3)17-21-10-8-9-13-24(21)31-4/h5-16H,17-18H2,1-4H3. The molecule has 0 aliphatic rings. The average molecular weight is 453 g/mol. The molecule has 0 saturated carbocycles. The number of rotatable bonds is 8. The minimum absolute atomic E-state index is 0.139. The van der Waals surface area contributed by atoms with Crippen molar-refractivity contribution in [2.24, 2.45) is 0 Å². The summed E-state index contributed by atoms with van der Waals surface area (Å²) in [6, 6.07) is 21.1. The Balaban J connectivity index is 1.94. The van der Waals surface area contributed by atoms with E-state index in [-0.39, 0.29) is 17.3 Å². The monoisotopic (exact) mass is 452 g/mol. The molecule has 32 heavy (non-hydrogen) atoms. The van der Waals surface area contributed by atoms with E-state index in [0.29, 0.717) is 18.0 Å². The van der Waals surface area contributed by atoms with Crippen molar-refractivity contribution in [3.05, 3.63) is 89.5 Å². The number of carbonyl (C=O) groups excluding carboxylic acids is 1. The lowest BCUT2D eigenvalue weighted by Gasteiger charge is -2.28. The smallest absolute Gasteiger partial charge is 0.264 e. The van der Waals surface area contributed by atoms with Gasteiger partial charge in [-0.2, -0.15) is 0 Å². The van der Waals surface area contributed by atoms with Crippen LogP contribution in [0.25, 0.3) is 0 Å². The van der Waals surface area contributed by atoms with Crippen LogP contribution in [-0.2, 0) is 21.4 Å². The molecule has 3 aromatic rings. The van der Waals surface area contributed by atoms with Gasteiger partial charge in [-0.15, -0.1) is 0 Å². The predicted molar refractivity (Wildman–Crippen MR) is 126 cm³/mol. The number of benzene rings is 3. The maximum atomic E-state index is 13.5. The maximum Gasteiger partial charge on any atom is 0.264 e. The minimum Gasteiger partial charge on any atom is -0.496 e. The van der Waals surface area contributed by atoms with Crippen LogP contribution in [0.2, 0.25) is 0 Å². The number of amides is 1. The van der Waals surface area contributed by atoms with Gasteiger partial charge < -0.3 is 9.64 Å². The van der Waals surface area contributed by atoms with E-state index in [1.54, 1.807) is 38.4 Å². The number of nitrogens with zero attached hydrogens (tertiary/aromatic N) is 2. The number of ether oxygens (including phenoxy) is 1. The van der Waals surface area contributed by atoms with Crippen LogP contribution < -0.4 is 9.04 Å². The van der Waals surface area contributed by atoms with Crippen LogP contribution in [0.1, 0.15) is 16.7 Å². The Morgan fingerprint density at radius 2 is 1.59 bits per heavy atom. The fraction of sp³-hybridized carbons (Fsp3) is 0.240. The molecule has 168 valence electrons. The quantitative estimate of drug-likeness (QED) is 0.515. The van der Waals surface area contributed by atoms with Crippen molar-refractivity contribution in [2.75, 3.05) is 25.0 Å². The minimum atomic E-state index is -3.94. The summed E-state index contributed by atoms with van der Waals surface area (Å²) in [5.41, 5.74) is 3.13. The second-order valence-corrected chi connectivity index (χ2v) is 9.54. The Labute approximate surface area is 190 Å². The first-order valence-corrected chi connectivity index (χ1v) is 11.7. The molecule has 0 bridgehead atoms. The Morgan fingerprint density at radius 1 is 0.938 bits per heavy atom. The molecule has 0 aliphatic carbocycles. The lowest BCUT2D eigenvalue weighted by molar-refractivity contribution is -0.128. The summed E-state index contributed by atoms with van der Waals surface area (Å²) in [7, 11) is -0.707. The fourth-order valence-electron chi connectivity index (χ4n) is 3.53. The number of hydrogen-bond acceptors (Lipinski definition) is 4. The summed E-state index contributed by atoms with van der Waals surface area (Å²) < 4.78 is 33.6. The highest BCUT2D eigenvalue weighted by Gasteiger charge is 2.29. The third-order valence-corrected chi connectivity index (χ3v) is 7.03. The SMILES string of the molecule is COc1ccccc1CN(C)C(=O)CN(c1ccc(C)cc1C)S(=O)(=O)c1ccccc1. The number of anilines is 1. The van der Waals surface area contributed by atoms with Gasteiger partial charge in [-0.3, -0.25) is 9.10 Å². The van der Waals surface area contributed by atoms with Gasteiger partial charge in [-0.05, 0) is 43.7 Å². The van der Waals surface area contributed by atoms with E-state index in [9.17, 15) is 13.2 Å². The molecule has 0 spiro atoms. The van der Waals surface area contributed by atoms with Crippen LogP contribution in [0, 0.1) is 13.8 Å². The van der Waals surface area contributed by atoms with E-state index in [4.69, 9.17) is 4.74 Å². The molecule has 0 atom stereocenters. The van der Waals surface area contributed by atoms with E-state index >= 15 is 0 Å². The second-order valence-electron chi connectivity index (χ2n) is 7.68. The summed E-state index contributed by atoms with van der Waals surface area (Å²) in [5.74, 6) is 0.352. The summed E-state index contributed by atoms with van der Waals surface area (Å²) in [6.07, 6.45) is 0. The molecule has 0 aliphatic heterocycles. The van der Waals surface area contributed by atoms with E-state index in [1.807, 2.05) is 50.2 Å². The third kappa shape index (κ3) is 5.11. The van der Waals surface area contributed by atoms with Crippen molar-refractivity contribution in [2.45, 2.75) is 25.3 Å². The highest BCUT2D eigenvalue weighted by atomic mass is 32.2. The molecule has 0 heterocycles. The van der Waals surface area contributed by atoms with Crippen molar-refractivity contribution >= 4 is 21.6 Å². The number of para-hydroxylation sites is 1. The molecular weight excluding hydrogens is 424 g/mol. The van der Waals surface area contributed by atoms with Crippen LogP contribution in [0.15, 0.2) is 77.7 Å². The van der Waals surface area contributed by atoms with Crippen molar-refractivity contribution in [1.82, 2.24) is 4.90 Å². The van der Waals surface area contributed by atoms with Crippen LogP contribution >= 0.6 is 0 Å². The second kappa shape index (κ2) is 9.87. The molecule has 1 amide bonds. The van der Waals surface area contributed by atoms with Crippen molar-refractivity contribution in [3.63, 3.8) is 0 Å². The van der Waals surface area contributed by atoms with Crippen LogP contribution in [-0.4, -0.2) is 39.9 Å². The summed E-state index contributed by atoms with van der Waals surface area (Å²) in [4.78, 5) is 14.8. The zero-order chi connectivity index (χ0) is 23.3. The van der Waals surface area contributed by atoms with Gasteiger partial charge in [-0.1, -0.05) is 54.1 Å². The molecule has 0 N–H and O–H groups in total. The van der Waals surface area contributed by atoms with Gasteiger partial charge in [0.05, 0.1) is 17.7 Å². The highest BCUT2D eigenvalue weighted by Crippen LogP contribution is 2.28. The number of sulfonamides is 1. The van der Waals surface area contributed by atoms with Gasteiger partial charge in [0.2, 0.25) is 5.91 Å². The lowest BCUT2D eigenvalue weighted by atomic mass is 10.1. The van der Waals surface area contributed by atoms with Gasteiger partial charge in [-0.25, -0.2) is 8.42 Å². The molecule has 3 rings (SSSR count). The predicted octanol–water partition coefficient (Wildman–Crippen LogP) is 4.17. The van der Waals surface area contributed by atoms with Gasteiger partial charge in [0, 0.05) is 19.2 Å². The first kappa shape index (κ1) is 23.3. The molecule has 0 unspecified atom stereocenters. The molecule has 7 heteroatoms. The van der Waals surface area contributed by atoms with Crippen molar-refractivity contribution < 1.29 is 17.9 Å². The molecule has 0 saturated heterocycles. The van der Waals surface area contributed by atoms with Gasteiger partial charge in [0.15, 0.2) is 0 Å². The molecular formula is C25H28N2O4S. The number of hydrogen-bond donors (Lipinski definition) is 0. The Kier molecular flexibility index (Phi) is 7.20. The van der Waals surface area contributed by atoms with E-state index < -0.39 is 10.0 Å². The van der Waals surface area contributed by atoms with Gasteiger partial charge >= 0.3 is 0 Å². The van der Waals surface area contributed by atoms with Crippen LogP contribution in [0.5, 0.6) is 5.75 Å². The van der Waals surface area contributed by atoms with Crippen molar-refractivity contribution in [3.8, 4) is 5.75 Å². The molecule has 0 radical (unpaired) electrons. The van der Waals surface area contributed by atoms with Crippen LogP contribution in [0.4, 0.5) is 5.69 Å². The van der Waals surface area contributed by atoms with E-state index in [1.165, 1.54) is 21.3 Å². The Hall–Kier alpha value is -3.32. The third-order valence-electron chi connectivity index (χ3n) is 5.26. The largest absolute Gasteiger partial charge is 0.496 e. The summed E-state index contributed by atoms with van der Waals surface area (Å²) >= 11 is 0. The Bertz CT molecular complexity index is 1190. The van der Waals surface area contributed by atoms with Crippen LogP contribution in [0.3, 0.4) is 0 Å². The topological polar surface area (TPSA) is 66.9 Å². The highest BCUT2D eigenvalue weighted by molar-refractivity contribution is 7.92. The summed E-state index contributed by atoms with van der Waals surface area (Å²) in [6.45, 7) is 3.78.